The van der Waals surface area contributed by atoms with E-state index in [2.05, 4.69) is 27.8 Å². The molecule has 2 aromatic carbocycles. The normalized spacial score (nSPS) is 15.9. The van der Waals surface area contributed by atoms with Crippen LogP contribution in [0, 0.1) is 6.92 Å². The molecule has 1 saturated heterocycles. The number of hydrogen-bond donors (Lipinski definition) is 3. The van der Waals surface area contributed by atoms with Crippen molar-refractivity contribution in [3.8, 4) is 11.5 Å². The van der Waals surface area contributed by atoms with Crippen LogP contribution >= 0.6 is 0 Å². The smallest absolute Gasteiger partial charge is 0.315 e. The summed E-state index contributed by atoms with van der Waals surface area (Å²) < 4.78 is 10.6. The highest BCUT2D eigenvalue weighted by atomic mass is 16.5. The van der Waals surface area contributed by atoms with E-state index >= 15 is 0 Å². The molecule has 0 aliphatic carbocycles. The number of benzene rings is 2. The number of aromatic nitrogens is 1. The van der Waals surface area contributed by atoms with Crippen molar-refractivity contribution in [2.24, 2.45) is 0 Å². The highest BCUT2D eigenvalue weighted by molar-refractivity contribution is 5.97. The number of nitrogens with zero attached hydrogens (tertiary/aromatic N) is 1. The fourth-order valence-electron chi connectivity index (χ4n) is 3.90. The van der Waals surface area contributed by atoms with E-state index in [1.807, 2.05) is 19.1 Å². The molecule has 0 saturated carbocycles. The molecule has 1 aliphatic rings. The van der Waals surface area contributed by atoms with Gasteiger partial charge in [-0.05, 0) is 48.2 Å². The first-order valence-electron chi connectivity index (χ1n) is 10.1. The number of rotatable bonds is 6. The number of methoxy groups -OCH3 is 2. The van der Waals surface area contributed by atoms with Crippen molar-refractivity contribution in [1.29, 1.82) is 0 Å². The SMILES string of the molecule is COc1ccc(N2C[C@@H](NC(=O)NCc3ccc4[nH]c(C)cc4c3)CC2=O)cc1OC. The number of carbonyl (C=O) groups excluding carboxylic acids is 2. The molecule has 2 heterocycles. The Labute approximate surface area is 180 Å². The molecule has 0 bridgehead atoms. The molecule has 1 aliphatic heterocycles. The summed E-state index contributed by atoms with van der Waals surface area (Å²) in [5.41, 5.74) is 3.90. The van der Waals surface area contributed by atoms with Gasteiger partial charge in [0.15, 0.2) is 11.5 Å². The van der Waals surface area contributed by atoms with Gasteiger partial charge in [0.25, 0.3) is 0 Å². The van der Waals surface area contributed by atoms with Crippen molar-refractivity contribution in [1.82, 2.24) is 15.6 Å². The van der Waals surface area contributed by atoms with E-state index in [1.165, 1.54) is 0 Å². The second kappa shape index (κ2) is 8.59. The summed E-state index contributed by atoms with van der Waals surface area (Å²) >= 11 is 0. The number of amides is 3. The molecule has 0 spiro atoms. The molecule has 3 amide bonds. The number of aryl methyl sites for hydroxylation is 1. The van der Waals surface area contributed by atoms with Gasteiger partial charge in [0.2, 0.25) is 5.91 Å². The molecule has 8 heteroatoms. The second-order valence-electron chi connectivity index (χ2n) is 7.65. The van der Waals surface area contributed by atoms with E-state index in [9.17, 15) is 9.59 Å². The number of nitrogens with one attached hydrogen (secondary N) is 3. The monoisotopic (exact) mass is 422 g/mol. The van der Waals surface area contributed by atoms with Gasteiger partial charge in [-0.1, -0.05) is 6.07 Å². The van der Waals surface area contributed by atoms with E-state index < -0.39 is 0 Å². The Morgan fingerprint density at radius 1 is 1.13 bits per heavy atom. The third kappa shape index (κ3) is 4.42. The highest BCUT2D eigenvalue weighted by Gasteiger charge is 2.32. The predicted molar refractivity (Wildman–Crippen MR) is 119 cm³/mol. The van der Waals surface area contributed by atoms with Crippen LogP contribution in [0.25, 0.3) is 10.9 Å². The van der Waals surface area contributed by atoms with Crippen LogP contribution in [0.3, 0.4) is 0 Å². The number of anilines is 1. The van der Waals surface area contributed by atoms with Crippen LogP contribution in [-0.2, 0) is 11.3 Å². The Balaban J connectivity index is 1.34. The van der Waals surface area contributed by atoms with Crippen LogP contribution in [0.4, 0.5) is 10.5 Å². The summed E-state index contributed by atoms with van der Waals surface area (Å²) in [5, 5.41) is 6.89. The first kappa shape index (κ1) is 20.6. The average molecular weight is 422 g/mol. The lowest BCUT2D eigenvalue weighted by Crippen LogP contribution is -2.43. The maximum Gasteiger partial charge on any atom is 0.315 e. The van der Waals surface area contributed by atoms with Gasteiger partial charge in [-0.25, -0.2) is 4.79 Å². The van der Waals surface area contributed by atoms with Gasteiger partial charge in [-0.3, -0.25) is 4.79 Å². The minimum absolute atomic E-state index is 0.0502. The maximum atomic E-state index is 12.5. The number of fused-ring (bicyclic) bond motifs is 1. The molecule has 3 aromatic rings. The van der Waals surface area contributed by atoms with Gasteiger partial charge < -0.3 is 30.0 Å². The van der Waals surface area contributed by atoms with Crippen molar-refractivity contribution in [2.45, 2.75) is 25.9 Å². The second-order valence-corrected chi connectivity index (χ2v) is 7.65. The fourth-order valence-corrected chi connectivity index (χ4v) is 3.90. The van der Waals surface area contributed by atoms with Gasteiger partial charge in [-0.2, -0.15) is 0 Å². The lowest BCUT2D eigenvalue weighted by molar-refractivity contribution is -0.117. The topological polar surface area (TPSA) is 95.7 Å². The van der Waals surface area contributed by atoms with Gasteiger partial charge >= 0.3 is 6.03 Å². The number of carbonyl (C=O) groups is 2. The number of hydrogen-bond acceptors (Lipinski definition) is 4. The van der Waals surface area contributed by atoms with Crippen LogP contribution in [0.15, 0.2) is 42.5 Å². The number of urea groups is 1. The Kier molecular flexibility index (Phi) is 5.70. The lowest BCUT2D eigenvalue weighted by Gasteiger charge is -2.19. The summed E-state index contributed by atoms with van der Waals surface area (Å²) in [6.07, 6.45) is 0.246. The molecule has 3 N–H and O–H groups in total. The molecule has 0 radical (unpaired) electrons. The van der Waals surface area contributed by atoms with Gasteiger partial charge in [0.05, 0.1) is 20.3 Å². The van der Waals surface area contributed by atoms with Crippen molar-refractivity contribution < 1.29 is 19.1 Å². The predicted octanol–water partition coefficient (Wildman–Crippen LogP) is 3.10. The molecule has 31 heavy (non-hydrogen) atoms. The van der Waals surface area contributed by atoms with Crippen LogP contribution in [0.1, 0.15) is 17.7 Å². The molecule has 1 atom stereocenters. The Morgan fingerprint density at radius 2 is 1.94 bits per heavy atom. The minimum atomic E-state index is -0.294. The van der Waals surface area contributed by atoms with Crippen LogP contribution < -0.4 is 25.0 Å². The number of H-pyrrole nitrogens is 1. The minimum Gasteiger partial charge on any atom is -0.493 e. The Hall–Kier alpha value is -3.68. The van der Waals surface area contributed by atoms with Crippen molar-refractivity contribution in [3.05, 3.63) is 53.7 Å². The Morgan fingerprint density at radius 3 is 2.71 bits per heavy atom. The summed E-state index contributed by atoms with van der Waals surface area (Å²) in [7, 11) is 3.12. The quantitative estimate of drug-likeness (QED) is 0.569. The van der Waals surface area contributed by atoms with Gasteiger partial charge in [0.1, 0.15) is 0 Å². The first-order valence-corrected chi connectivity index (χ1v) is 10.1. The molecule has 162 valence electrons. The molecule has 0 unspecified atom stereocenters. The molecule has 4 rings (SSSR count). The maximum absolute atomic E-state index is 12.5. The third-order valence-electron chi connectivity index (χ3n) is 5.41. The molecule has 8 nitrogen and oxygen atoms in total. The molecular formula is C23H26N4O4. The lowest BCUT2D eigenvalue weighted by atomic mass is 10.1. The fraction of sp³-hybridized carbons (Fsp3) is 0.304. The zero-order valence-corrected chi connectivity index (χ0v) is 17.8. The highest BCUT2D eigenvalue weighted by Crippen LogP contribution is 2.33. The first-order chi connectivity index (χ1) is 15.0. The van der Waals surface area contributed by atoms with Crippen molar-refractivity contribution >= 4 is 28.5 Å². The average Bonchev–Trinajstić information content (AvgIpc) is 3.32. The number of aromatic amines is 1. The third-order valence-corrected chi connectivity index (χ3v) is 5.41. The van der Waals surface area contributed by atoms with Crippen LogP contribution in [-0.4, -0.2) is 43.7 Å². The van der Waals surface area contributed by atoms with E-state index in [-0.39, 0.29) is 24.4 Å². The summed E-state index contributed by atoms with van der Waals surface area (Å²) in [6.45, 7) is 2.82. The zero-order chi connectivity index (χ0) is 22.0. The standard InChI is InChI=1S/C23H26N4O4/c1-14-8-16-9-15(4-6-19(16)25-14)12-24-23(29)26-17-10-22(28)27(13-17)18-5-7-20(30-2)21(11-18)31-3/h4-9,11,17,25H,10,12-13H2,1-3H3,(H2,24,26,29)/t17-/m0/s1. The van der Waals surface area contributed by atoms with E-state index in [1.54, 1.807) is 37.3 Å². The van der Waals surface area contributed by atoms with Gasteiger partial charge in [0, 0.05) is 42.5 Å². The molecule has 1 fully saturated rings. The largest absolute Gasteiger partial charge is 0.493 e. The Bertz CT molecular complexity index is 1120. The van der Waals surface area contributed by atoms with Crippen LogP contribution in [0.2, 0.25) is 0 Å². The number of ether oxygens (including phenoxy) is 2. The van der Waals surface area contributed by atoms with Crippen LogP contribution in [0.5, 0.6) is 11.5 Å². The summed E-state index contributed by atoms with van der Waals surface area (Å²) in [5.74, 6) is 1.10. The van der Waals surface area contributed by atoms with Crippen molar-refractivity contribution in [3.63, 3.8) is 0 Å². The van der Waals surface area contributed by atoms with E-state index in [0.717, 1.165) is 22.2 Å². The molecule has 1 aromatic heterocycles. The summed E-state index contributed by atoms with van der Waals surface area (Å²) in [4.78, 5) is 29.8. The van der Waals surface area contributed by atoms with E-state index in [4.69, 9.17) is 9.47 Å². The van der Waals surface area contributed by atoms with Crippen molar-refractivity contribution in [2.75, 3.05) is 25.7 Å². The molecular weight excluding hydrogens is 396 g/mol. The van der Waals surface area contributed by atoms with Gasteiger partial charge in [-0.15, -0.1) is 0 Å². The van der Waals surface area contributed by atoms with E-state index in [0.29, 0.717) is 30.3 Å². The summed E-state index contributed by atoms with van der Waals surface area (Å²) in [6, 6.07) is 12.9. The zero-order valence-electron chi connectivity index (χ0n) is 17.8.